The first-order valence-electron chi connectivity index (χ1n) is 8.64. The third-order valence-corrected chi connectivity index (χ3v) is 4.46. The molecule has 27 heavy (non-hydrogen) atoms. The molecule has 0 atom stereocenters. The minimum absolute atomic E-state index is 0.158. The summed E-state index contributed by atoms with van der Waals surface area (Å²) in [5.41, 5.74) is 1.54. The lowest BCUT2D eigenvalue weighted by atomic mass is 9.79. The van der Waals surface area contributed by atoms with Crippen molar-refractivity contribution in [2.24, 2.45) is 0 Å². The smallest absolute Gasteiger partial charge is 0.303 e. The summed E-state index contributed by atoms with van der Waals surface area (Å²) < 4.78 is 36.7. The van der Waals surface area contributed by atoms with Crippen molar-refractivity contribution in [1.82, 2.24) is 0 Å². The van der Waals surface area contributed by atoms with Gasteiger partial charge in [0, 0.05) is 16.9 Å². The quantitative estimate of drug-likeness (QED) is 0.470. The summed E-state index contributed by atoms with van der Waals surface area (Å²) in [6.45, 7) is 2.49. The highest BCUT2D eigenvalue weighted by molar-refractivity contribution is 6.17. The van der Waals surface area contributed by atoms with Gasteiger partial charge in [-0.15, -0.1) is 11.6 Å². The zero-order valence-electron chi connectivity index (χ0n) is 15.4. The zero-order chi connectivity index (χ0) is 19.9. The second kappa shape index (κ2) is 9.25. The molecule has 0 bridgehead atoms. The minimum atomic E-state index is -3.28. The first kappa shape index (κ1) is 21.3. The average Bonchev–Trinajstić information content (AvgIpc) is 2.67. The van der Waals surface area contributed by atoms with Gasteiger partial charge in [0.05, 0.1) is 6.61 Å². The Balaban J connectivity index is 2.05. The molecule has 0 aliphatic rings. The zero-order valence-corrected chi connectivity index (χ0v) is 16.2. The monoisotopic (exact) mass is 396 g/mol. The van der Waals surface area contributed by atoms with Crippen LogP contribution >= 0.6 is 11.6 Å². The summed E-state index contributed by atoms with van der Waals surface area (Å²) in [7, 11) is 0. The molecule has 0 aromatic heterocycles. The molecule has 0 saturated heterocycles. The standard InChI is InChI=1S/C21H23ClF2O3/c1-20(2,16-4-8-18(9-5-16)26-13-3-12-22)17-6-10-19(11-7-17)27-15-21(23,24)14-25/h4-6,8-10,25H,3,12-15H2,1-2H3. The van der Waals surface area contributed by atoms with E-state index in [-0.39, 0.29) is 11.2 Å². The molecule has 2 aromatic carbocycles. The molecule has 0 heterocycles. The Morgan fingerprint density at radius 2 is 1.74 bits per heavy atom. The minimum Gasteiger partial charge on any atom is -0.494 e. The Morgan fingerprint density at radius 3 is 2.30 bits per heavy atom. The number of aliphatic hydroxyl groups excluding tert-OH is 1. The number of halogens is 3. The van der Waals surface area contributed by atoms with Gasteiger partial charge < -0.3 is 14.6 Å². The van der Waals surface area contributed by atoms with Gasteiger partial charge in [-0.25, -0.2) is 8.78 Å². The number of hydrogen-bond acceptors (Lipinski definition) is 3. The maximum absolute atomic E-state index is 13.0. The molecule has 1 N–H and O–H groups in total. The van der Waals surface area contributed by atoms with Crippen LogP contribution in [0.1, 0.15) is 31.4 Å². The van der Waals surface area contributed by atoms with Crippen LogP contribution in [0.15, 0.2) is 36.4 Å². The second-order valence-corrected chi connectivity index (χ2v) is 7.08. The molecule has 0 radical (unpaired) electrons. The van der Waals surface area contributed by atoms with Crippen molar-refractivity contribution in [3.8, 4) is 11.5 Å². The first-order chi connectivity index (χ1) is 12.8. The van der Waals surface area contributed by atoms with Crippen LogP contribution in [0.25, 0.3) is 0 Å². The third kappa shape index (κ3) is 5.98. The van der Waals surface area contributed by atoms with Crippen molar-refractivity contribution in [3.05, 3.63) is 59.7 Å². The largest absolute Gasteiger partial charge is 0.494 e. The van der Waals surface area contributed by atoms with Crippen LogP contribution < -0.4 is 9.47 Å². The fourth-order valence-corrected chi connectivity index (χ4v) is 2.53. The van der Waals surface area contributed by atoms with Gasteiger partial charge in [0.2, 0.25) is 0 Å². The van der Waals surface area contributed by atoms with Gasteiger partial charge in [0.25, 0.3) is 0 Å². The Kier molecular flexibility index (Phi) is 7.29. The first-order valence-corrected chi connectivity index (χ1v) is 9.17. The molecule has 3 nitrogen and oxygen atoms in total. The van der Waals surface area contributed by atoms with Crippen LogP contribution in [-0.2, 0) is 5.41 Å². The summed E-state index contributed by atoms with van der Waals surface area (Å²) >= 11 is 5.64. The van der Waals surface area contributed by atoms with Crippen molar-refractivity contribution in [2.45, 2.75) is 31.6 Å². The summed E-state index contributed by atoms with van der Waals surface area (Å²) in [6.07, 6.45) is 0.790. The van der Waals surface area contributed by atoms with Crippen LogP contribution in [0.5, 0.6) is 11.5 Å². The predicted octanol–water partition coefficient (Wildman–Crippen LogP) is 4.63. The number of rotatable bonds is 10. The number of ether oxygens (including phenoxy) is 2. The van der Waals surface area contributed by atoms with Crippen LogP contribution in [-0.4, -0.2) is 36.7 Å². The van der Waals surface area contributed by atoms with Crippen molar-refractivity contribution in [2.75, 3.05) is 25.7 Å². The molecule has 0 spiro atoms. The lowest BCUT2D eigenvalue weighted by molar-refractivity contribution is -0.0801. The molecule has 6 heteroatoms. The fraction of sp³-hybridized carbons (Fsp3) is 0.429. The molecular weight excluding hydrogens is 374 g/mol. The normalized spacial score (nSPS) is 11.8. The Morgan fingerprint density at radius 1 is 1.04 bits per heavy atom. The van der Waals surface area contributed by atoms with Gasteiger partial charge in [0.15, 0.2) is 12.4 Å². The lowest BCUT2D eigenvalue weighted by Gasteiger charge is -2.24. The van der Waals surface area contributed by atoms with Gasteiger partial charge in [-0.3, -0.25) is 0 Å². The highest BCUT2D eigenvalue weighted by Gasteiger charge is 2.29. The molecule has 0 amide bonds. The van der Waals surface area contributed by atoms with E-state index in [1.54, 1.807) is 12.1 Å². The molecule has 0 unspecified atom stereocenters. The molecule has 146 valence electrons. The molecule has 0 fully saturated rings. The SMILES string of the molecule is CC(C)(c1c#cc(OCC(F)(F)CO)cc1)c1ccc(OCCCCl)cc1. The summed E-state index contributed by atoms with van der Waals surface area (Å²) in [5, 5.41) is 8.57. The highest BCUT2D eigenvalue weighted by atomic mass is 35.5. The summed E-state index contributed by atoms with van der Waals surface area (Å²) in [6, 6.07) is 16.9. The van der Waals surface area contributed by atoms with E-state index in [1.807, 2.05) is 38.1 Å². The van der Waals surface area contributed by atoms with Crippen molar-refractivity contribution < 1.29 is 23.4 Å². The van der Waals surface area contributed by atoms with E-state index in [0.29, 0.717) is 12.5 Å². The van der Waals surface area contributed by atoms with Crippen LogP contribution in [0.4, 0.5) is 8.78 Å². The topological polar surface area (TPSA) is 38.7 Å². The van der Waals surface area contributed by atoms with Gasteiger partial charge in [-0.2, -0.15) is 0 Å². The number of benzene rings is 1. The Labute approximate surface area is 163 Å². The highest BCUT2D eigenvalue weighted by Crippen LogP contribution is 2.32. The van der Waals surface area contributed by atoms with Crippen molar-refractivity contribution in [1.29, 1.82) is 0 Å². The second-order valence-electron chi connectivity index (χ2n) is 6.70. The van der Waals surface area contributed by atoms with Gasteiger partial charge in [0.1, 0.15) is 12.4 Å². The Bertz CT molecular complexity index is 700. The maximum atomic E-state index is 13.0. The van der Waals surface area contributed by atoms with Gasteiger partial charge in [-0.05, 0) is 42.3 Å². The van der Waals surface area contributed by atoms with Crippen LogP contribution in [0.3, 0.4) is 0 Å². The van der Waals surface area contributed by atoms with Gasteiger partial charge in [-0.1, -0.05) is 32.0 Å². The molecule has 2 rings (SSSR count). The number of hydrogen-bond donors (Lipinski definition) is 1. The number of aliphatic hydroxyl groups is 1. The summed E-state index contributed by atoms with van der Waals surface area (Å²) in [4.78, 5) is 0. The summed E-state index contributed by atoms with van der Waals surface area (Å²) in [5.74, 6) is -1.77. The van der Waals surface area contributed by atoms with E-state index < -0.39 is 19.1 Å². The van der Waals surface area contributed by atoms with E-state index in [4.69, 9.17) is 26.2 Å². The van der Waals surface area contributed by atoms with Gasteiger partial charge >= 0.3 is 5.92 Å². The lowest BCUT2D eigenvalue weighted by Crippen LogP contribution is -2.29. The molecule has 0 aliphatic carbocycles. The molecular formula is C21H23ClF2O3. The van der Waals surface area contributed by atoms with E-state index in [1.165, 1.54) is 0 Å². The fourth-order valence-electron chi connectivity index (χ4n) is 2.42. The van der Waals surface area contributed by atoms with E-state index in [9.17, 15) is 8.78 Å². The van der Waals surface area contributed by atoms with Crippen molar-refractivity contribution >= 4 is 11.6 Å². The van der Waals surface area contributed by atoms with Crippen LogP contribution in [0, 0.1) is 12.1 Å². The molecule has 0 saturated carbocycles. The Hall–Kier alpha value is -2.03. The van der Waals surface area contributed by atoms with E-state index >= 15 is 0 Å². The number of alkyl halides is 3. The molecule has 2 aromatic rings. The predicted molar refractivity (Wildman–Crippen MR) is 101 cm³/mol. The van der Waals surface area contributed by atoms with E-state index in [0.717, 1.165) is 23.3 Å². The van der Waals surface area contributed by atoms with Crippen molar-refractivity contribution in [3.63, 3.8) is 0 Å². The average molecular weight is 397 g/mol. The maximum Gasteiger partial charge on any atom is 0.303 e. The van der Waals surface area contributed by atoms with E-state index in [2.05, 4.69) is 12.1 Å². The van der Waals surface area contributed by atoms with Crippen LogP contribution in [0.2, 0.25) is 0 Å². The third-order valence-electron chi connectivity index (χ3n) is 4.19. The molecule has 0 aliphatic heterocycles.